The van der Waals surface area contributed by atoms with Crippen molar-refractivity contribution in [2.24, 2.45) is 0 Å². The Bertz CT molecular complexity index is 795. The van der Waals surface area contributed by atoms with E-state index in [9.17, 15) is 8.42 Å². The lowest BCUT2D eigenvalue weighted by molar-refractivity contribution is 0.601. The van der Waals surface area contributed by atoms with E-state index in [1.165, 1.54) is 12.1 Å². The van der Waals surface area contributed by atoms with Gasteiger partial charge in [-0.05, 0) is 36.8 Å². The summed E-state index contributed by atoms with van der Waals surface area (Å²) in [6.07, 6.45) is 0. The van der Waals surface area contributed by atoms with Gasteiger partial charge in [0.25, 0.3) is 10.0 Å². The molecule has 0 aliphatic carbocycles. The molecule has 0 fully saturated rings. The molecule has 0 amide bonds. The number of benzene rings is 2. The molecule has 20 heavy (non-hydrogen) atoms. The number of nitrogens with one attached hydrogen (secondary N) is 1. The van der Waals surface area contributed by atoms with E-state index in [0.29, 0.717) is 10.0 Å². The molecule has 0 aliphatic rings. The second-order valence-electron chi connectivity index (χ2n) is 4.17. The first-order valence-electron chi connectivity index (χ1n) is 5.72. The molecule has 0 aliphatic heterocycles. The van der Waals surface area contributed by atoms with E-state index in [1.807, 2.05) is 6.07 Å². The number of hydrogen-bond donors (Lipinski definition) is 1. The summed E-state index contributed by atoms with van der Waals surface area (Å²) in [6, 6.07) is 13.4. The van der Waals surface area contributed by atoms with Gasteiger partial charge in [0.2, 0.25) is 0 Å². The van der Waals surface area contributed by atoms with Crippen molar-refractivity contribution in [3.8, 4) is 6.07 Å². The van der Waals surface area contributed by atoms with Gasteiger partial charge in [-0.2, -0.15) is 5.26 Å². The van der Waals surface area contributed by atoms with E-state index in [4.69, 9.17) is 5.26 Å². The van der Waals surface area contributed by atoms with Crippen molar-refractivity contribution < 1.29 is 8.42 Å². The van der Waals surface area contributed by atoms with Crippen LogP contribution in [-0.2, 0) is 10.0 Å². The highest BCUT2D eigenvalue weighted by atomic mass is 79.9. The number of rotatable bonds is 3. The Morgan fingerprint density at radius 1 is 1.20 bits per heavy atom. The zero-order chi connectivity index (χ0) is 14.8. The standard InChI is InChI=1S/C14H11BrN2O2S/c1-10-4-2-7-14(13(10)9-16)17-20(18,19)12-6-3-5-11(15)8-12/h2-8,17H,1H3. The summed E-state index contributed by atoms with van der Waals surface area (Å²) in [7, 11) is -3.72. The Morgan fingerprint density at radius 3 is 2.55 bits per heavy atom. The fraction of sp³-hybridized carbons (Fsp3) is 0.0714. The van der Waals surface area contributed by atoms with Crippen molar-refractivity contribution in [2.45, 2.75) is 11.8 Å². The molecule has 102 valence electrons. The molecule has 0 bridgehead atoms. The summed E-state index contributed by atoms with van der Waals surface area (Å²) in [6.45, 7) is 1.76. The van der Waals surface area contributed by atoms with Crippen LogP contribution in [0.4, 0.5) is 5.69 Å². The van der Waals surface area contributed by atoms with Crippen LogP contribution >= 0.6 is 15.9 Å². The molecule has 2 aromatic rings. The molecule has 0 atom stereocenters. The van der Waals surface area contributed by atoms with E-state index in [0.717, 1.165) is 5.56 Å². The van der Waals surface area contributed by atoms with Gasteiger partial charge in [-0.1, -0.05) is 34.1 Å². The Hall–Kier alpha value is -1.84. The first-order chi connectivity index (χ1) is 9.44. The van der Waals surface area contributed by atoms with Gasteiger partial charge in [0.15, 0.2) is 0 Å². The van der Waals surface area contributed by atoms with Crippen LogP contribution in [0.3, 0.4) is 0 Å². The molecule has 0 saturated heterocycles. The second-order valence-corrected chi connectivity index (χ2v) is 6.77. The highest BCUT2D eigenvalue weighted by Crippen LogP contribution is 2.23. The fourth-order valence-corrected chi connectivity index (χ4v) is 3.41. The normalized spacial score (nSPS) is 10.8. The minimum Gasteiger partial charge on any atom is -0.278 e. The largest absolute Gasteiger partial charge is 0.278 e. The highest BCUT2D eigenvalue weighted by Gasteiger charge is 2.16. The smallest absolute Gasteiger partial charge is 0.261 e. The topological polar surface area (TPSA) is 70.0 Å². The number of halogens is 1. The van der Waals surface area contributed by atoms with Crippen molar-refractivity contribution in [1.82, 2.24) is 0 Å². The monoisotopic (exact) mass is 350 g/mol. The Morgan fingerprint density at radius 2 is 1.90 bits per heavy atom. The second kappa shape index (κ2) is 5.65. The lowest BCUT2D eigenvalue weighted by Gasteiger charge is -2.11. The maximum atomic E-state index is 12.3. The van der Waals surface area contributed by atoms with Crippen LogP contribution in [0.5, 0.6) is 0 Å². The van der Waals surface area contributed by atoms with E-state index < -0.39 is 10.0 Å². The molecule has 0 radical (unpaired) electrons. The zero-order valence-corrected chi connectivity index (χ0v) is 13.0. The van der Waals surface area contributed by atoms with Gasteiger partial charge in [-0.25, -0.2) is 8.42 Å². The summed E-state index contributed by atoms with van der Waals surface area (Å²) in [5.74, 6) is 0. The molecule has 1 N–H and O–H groups in total. The summed E-state index contributed by atoms with van der Waals surface area (Å²) < 4.78 is 27.7. The van der Waals surface area contributed by atoms with Crippen LogP contribution in [-0.4, -0.2) is 8.42 Å². The van der Waals surface area contributed by atoms with Crippen LogP contribution in [0.2, 0.25) is 0 Å². The third-order valence-corrected chi connectivity index (χ3v) is 4.59. The molecule has 6 heteroatoms. The molecule has 0 heterocycles. The summed E-state index contributed by atoms with van der Waals surface area (Å²) in [4.78, 5) is 0.136. The van der Waals surface area contributed by atoms with E-state index in [2.05, 4.69) is 20.7 Å². The lowest BCUT2D eigenvalue weighted by atomic mass is 10.1. The maximum absolute atomic E-state index is 12.3. The van der Waals surface area contributed by atoms with E-state index >= 15 is 0 Å². The van der Waals surface area contributed by atoms with E-state index in [-0.39, 0.29) is 10.6 Å². The minimum atomic E-state index is -3.72. The average molecular weight is 351 g/mol. The van der Waals surface area contributed by atoms with Crippen molar-refractivity contribution in [3.63, 3.8) is 0 Å². The SMILES string of the molecule is Cc1cccc(NS(=O)(=O)c2cccc(Br)c2)c1C#N. The number of anilines is 1. The molecule has 0 saturated carbocycles. The molecule has 2 aromatic carbocycles. The Labute approximate surface area is 126 Å². The maximum Gasteiger partial charge on any atom is 0.261 e. The quantitative estimate of drug-likeness (QED) is 0.921. The molecule has 0 unspecified atom stereocenters. The highest BCUT2D eigenvalue weighted by molar-refractivity contribution is 9.10. The van der Waals surface area contributed by atoms with Crippen molar-refractivity contribution in [1.29, 1.82) is 5.26 Å². The Balaban J connectivity index is 2.45. The summed E-state index contributed by atoms with van der Waals surface area (Å²) in [5, 5.41) is 9.12. The van der Waals surface area contributed by atoms with Crippen LogP contribution in [0, 0.1) is 18.3 Å². The van der Waals surface area contributed by atoms with Crippen molar-refractivity contribution in [2.75, 3.05) is 4.72 Å². The third-order valence-electron chi connectivity index (χ3n) is 2.74. The number of aryl methyl sites for hydroxylation is 1. The van der Waals surface area contributed by atoms with Gasteiger partial charge in [0.1, 0.15) is 6.07 Å². The predicted octanol–water partition coefficient (Wildman–Crippen LogP) is 3.43. The van der Waals surface area contributed by atoms with Gasteiger partial charge in [-0.3, -0.25) is 4.72 Å². The first-order valence-corrected chi connectivity index (χ1v) is 8.00. The summed E-state index contributed by atoms with van der Waals surface area (Å²) >= 11 is 3.24. The van der Waals surface area contributed by atoms with E-state index in [1.54, 1.807) is 37.3 Å². The molecule has 0 spiro atoms. The number of nitriles is 1. The number of hydrogen-bond acceptors (Lipinski definition) is 3. The summed E-state index contributed by atoms with van der Waals surface area (Å²) in [5.41, 5.74) is 1.33. The fourth-order valence-electron chi connectivity index (χ4n) is 1.74. The van der Waals surface area contributed by atoms with Gasteiger partial charge < -0.3 is 0 Å². The number of nitrogens with zero attached hydrogens (tertiary/aromatic N) is 1. The predicted molar refractivity (Wildman–Crippen MR) is 80.8 cm³/mol. The zero-order valence-electron chi connectivity index (χ0n) is 10.6. The Kier molecular flexibility index (Phi) is 4.12. The van der Waals surface area contributed by atoms with Crippen LogP contribution < -0.4 is 4.72 Å². The van der Waals surface area contributed by atoms with Crippen LogP contribution in [0.1, 0.15) is 11.1 Å². The first kappa shape index (κ1) is 14.6. The minimum absolute atomic E-state index is 0.136. The number of sulfonamides is 1. The van der Waals surface area contributed by atoms with Crippen molar-refractivity contribution in [3.05, 3.63) is 58.1 Å². The van der Waals surface area contributed by atoms with Gasteiger partial charge in [0, 0.05) is 4.47 Å². The van der Waals surface area contributed by atoms with Gasteiger partial charge in [-0.15, -0.1) is 0 Å². The van der Waals surface area contributed by atoms with Gasteiger partial charge in [0.05, 0.1) is 16.1 Å². The van der Waals surface area contributed by atoms with Crippen LogP contribution in [0.15, 0.2) is 51.8 Å². The molecule has 0 aromatic heterocycles. The lowest BCUT2D eigenvalue weighted by Crippen LogP contribution is -2.14. The van der Waals surface area contributed by atoms with Gasteiger partial charge >= 0.3 is 0 Å². The van der Waals surface area contributed by atoms with Crippen LogP contribution in [0.25, 0.3) is 0 Å². The average Bonchev–Trinajstić information content (AvgIpc) is 2.38. The third kappa shape index (κ3) is 3.00. The molecular weight excluding hydrogens is 340 g/mol. The molecule has 4 nitrogen and oxygen atoms in total. The molecule has 2 rings (SSSR count). The molecular formula is C14H11BrN2O2S. The van der Waals surface area contributed by atoms with Crippen molar-refractivity contribution >= 4 is 31.6 Å².